The minimum absolute atomic E-state index is 0.472. The molecule has 84 valence electrons. The molecule has 1 aromatic carbocycles. The summed E-state index contributed by atoms with van der Waals surface area (Å²) in [5.74, 6) is 0.472. The minimum atomic E-state index is -0.997. The molecule has 0 saturated carbocycles. The number of halogens is 1. The minimum Gasteiger partial charge on any atom is -0.398 e. The zero-order valence-corrected chi connectivity index (χ0v) is 11.6. The molecule has 0 aliphatic rings. The maximum absolute atomic E-state index is 12.0. The fourth-order valence-electron chi connectivity index (χ4n) is 1.30. The Labute approximate surface area is 109 Å². The second-order valence-corrected chi connectivity index (χ2v) is 6.81. The summed E-state index contributed by atoms with van der Waals surface area (Å²) in [7, 11) is -0.997. The highest BCUT2D eigenvalue weighted by molar-refractivity contribution is 9.10. The number of nitrogen functional groups attached to an aromatic ring is 1. The Balaban J connectivity index is 2.18. The highest BCUT2D eigenvalue weighted by Gasteiger charge is 2.08. The van der Waals surface area contributed by atoms with Crippen molar-refractivity contribution in [3.63, 3.8) is 0 Å². The third-order valence-electron chi connectivity index (χ3n) is 2.11. The van der Waals surface area contributed by atoms with Crippen LogP contribution < -0.4 is 5.73 Å². The van der Waals surface area contributed by atoms with E-state index in [0.717, 1.165) is 14.2 Å². The first-order valence-corrected chi connectivity index (χ1v) is 7.62. The van der Waals surface area contributed by atoms with Crippen molar-refractivity contribution in [2.45, 2.75) is 9.96 Å². The van der Waals surface area contributed by atoms with Crippen molar-refractivity contribution in [1.82, 2.24) is 0 Å². The number of thiophene rings is 1. The second-order valence-electron chi connectivity index (χ2n) is 3.27. The van der Waals surface area contributed by atoms with Crippen molar-refractivity contribution >= 4 is 43.8 Å². The number of rotatable bonds is 3. The topological polar surface area (TPSA) is 43.1 Å². The van der Waals surface area contributed by atoms with Crippen LogP contribution in [0.15, 0.2) is 44.4 Å². The predicted octanol–water partition coefficient (Wildman–Crippen LogP) is 3.40. The molecule has 1 heterocycles. The molecule has 1 atom stereocenters. The van der Waals surface area contributed by atoms with E-state index in [1.54, 1.807) is 0 Å². The van der Waals surface area contributed by atoms with Gasteiger partial charge in [-0.25, -0.2) is 0 Å². The summed E-state index contributed by atoms with van der Waals surface area (Å²) in [5, 5.41) is 1.93. The first kappa shape index (κ1) is 11.8. The third-order valence-corrected chi connectivity index (χ3v) is 5.27. The normalized spacial score (nSPS) is 12.6. The van der Waals surface area contributed by atoms with Crippen LogP contribution in [0.25, 0.3) is 0 Å². The lowest BCUT2D eigenvalue weighted by Gasteiger charge is -2.05. The number of benzene rings is 1. The van der Waals surface area contributed by atoms with Gasteiger partial charge >= 0.3 is 0 Å². The van der Waals surface area contributed by atoms with Gasteiger partial charge in [0.15, 0.2) is 0 Å². The molecule has 2 nitrogen and oxygen atoms in total. The molecule has 16 heavy (non-hydrogen) atoms. The van der Waals surface area contributed by atoms with E-state index >= 15 is 0 Å². The highest BCUT2D eigenvalue weighted by Crippen LogP contribution is 2.23. The van der Waals surface area contributed by atoms with Crippen LogP contribution in [0.1, 0.15) is 5.56 Å². The van der Waals surface area contributed by atoms with E-state index in [1.807, 2.05) is 35.7 Å². The summed E-state index contributed by atoms with van der Waals surface area (Å²) in [6.07, 6.45) is 0. The Kier molecular flexibility index (Phi) is 3.78. The zero-order valence-electron chi connectivity index (χ0n) is 8.35. The summed E-state index contributed by atoms with van der Waals surface area (Å²) in [6.45, 7) is 0. The largest absolute Gasteiger partial charge is 0.398 e. The van der Waals surface area contributed by atoms with Gasteiger partial charge in [0.05, 0.1) is 20.8 Å². The number of hydrogen-bond donors (Lipinski definition) is 1. The first-order valence-electron chi connectivity index (χ1n) is 4.62. The first-order chi connectivity index (χ1) is 7.66. The van der Waals surface area contributed by atoms with Gasteiger partial charge in [-0.1, -0.05) is 28.1 Å². The lowest BCUT2D eigenvalue weighted by molar-refractivity contribution is 0.684. The van der Waals surface area contributed by atoms with Crippen LogP contribution in [0, 0.1) is 0 Å². The van der Waals surface area contributed by atoms with E-state index < -0.39 is 10.8 Å². The van der Waals surface area contributed by atoms with Gasteiger partial charge in [-0.05, 0) is 29.1 Å². The van der Waals surface area contributed by atoms with E-state index in [4.69, 9.17) is 5.73 Å². The van der Waals surface area contributed by atoms with Gasteiger partial charge in [0.25, 0.3) is 0 Å². The average molecular weight is 316 g/mol. The predicted molar refractivity (Wildman–Crippen MR) is 73.0 cm³/mol. The molecule has 2 aromatic rings. The summed E-state index contributed by atoms with van der Waals surface area (Å²) in [6, 6.07) is 9.45. The van der Waals surface area contributed by atoms with Crippen molar-refractivity contribution in [3.05, 3.63) is 45.7 Å². The third kappa shape index (κ3) is 2.72. The fraction of sp³-hybridized carbons (Fsp3) is 0.0909. The van der Waals surface area contributed by atoms with Crippen LogP contribution in [-0.4, -0.2) is 4.21 Å². The Morgan fingerprint density at radius 3 is 2.81 bits per heavy atom. The monoisotopic (exact) mass is 315 g/mol. The van der Waals surface area contributed by atoms with Crippen LogP contribution >= 0.6 is 27.3 Å². The molecule has 0 amide bonds. The molecule has 0 aliphatic carbocycles. The lowest BCUT2D eigenvalue weighted by atomic mass is 10.2. The summed E-state index contributed by atoms with van der Waals surface area (Å²) < 4.78 is 13.8. The maximum atomic E-state index is 12.0. The van der Waals surface area contributed by atoms with Crippen LogP contribution in [0.3, 0.4) is 0 Å². The SMILES string of the molecule is Nc1cc(Br)ccc1CS(=O)c1cccs1. The van der Waals surface area contributed by atoms with E-state index in [9.17, 15) is 4.21 Å². The molecule has 0 aliphatic heterocycles. The van der Waals surface area contributed by atoms with Crippen LogP contribution in [-0.2, 0) is 16.6 Å². The molecule has 1 unspecified atom stereocenters. The van der Waals surface area contributed by atoms with Gasteiger partial charge in [-0.15, -0.1) is 11.3 Å². The maximum Gasteiger partial charge on any atom is 0.0913 e. The number of hydrogen-bond acceptors (Lipinski definition) is 3. The van der Waals surface area contributed by atoms with E-state index in [1.165, 1.54) is 11.3 Å². The van der Waals surface area contributed by atoms with Crippen LogP contribution in [0.4, 0.5) is 5.69 Å². The molecule has 0 radical (unpaired) electrons. The summed E-state index contributed by atoms with van der Waals surface area (Å²) >= 11 is 4.86. The quantitative estimate of drug-likeness (QED) is 0.882. The fourth-order valence-corrected chi connectivity index (χ4v) is 3.82. The number of nitrogens with two attached hydrogens (primary N) is 1. The van der Waals surface area contributed by atoms with E-state index in [0.29, 0.717) is 11.4 Å². The summed E-state index contributed by atoms with van der Waals surface area (Å²) in [4.78, 5) is 0. The van der Waals surface area contributed by atoms with Crippen molar-refractivity contribution < 1.29 is 4.21 Å². The molecular weight excluding hydrogens is 306 g/mol. The van der Waals surface area contributed by atoms with Gasteiger partial charge in [-0.2, -0.15) is 0 Å². The zero-order chi connectivity index (χ0) is 11.5. The smallest absolute Gasteiger partial charge is 0.0913 e. The molecule has 2 rings (SSSR count). The van der Waals surface area contributed by atoms with Crippen molar-refractivity contribution in [3.8, 4) is 0 Å². The van der Waals surface area contributed by atoms with Gasteiger partial charge < -0.3 is 5.73 Å². The Bertz CT molecular complexity index is 511. The highest BCUT2D eigenvalue weighted by atomic mass is 79.9. The number of anilines is 1. The van der Waals surface area contributed by atoms with Gasteiger partial charge in [0.1, 0.15) is 0 Å². The van der Waals surface area contributed by atoms with Gasteiger partial charge in [-0.3, -0.25) is 4.21 Å². The van der Waals surface area contributed by atoms with Gasteiger partial charge in [0.2, 0.25) is 0 Å². The molecule has 1 aromatic heterocycles. The van der Waals surface area contributed by atoms with E-state index in [2.05, 4.69) is 15.9 Å². The summed E-state index contributed by atoms with van der Waals surface area (Å²) in [5.41, 5.74) is 7.47. The Hall–Kier alpha value is -0.650. The molecule has 5 heteroatoms. The van der Waals surface area contributed by atoms with Crippen molar-refractivity contribution in [1.29, 1.82) is 0 Å². The average Bonchev–Trinajstić information content (AvgIpc) is 2.75. The van der Waals surface area contributed by atoms with E-state index in [-0.39, 0.29) is 0 Å². The standard InChI is InChI=1S/C11H10BrNOS2/c12-9-4-3-8(10(13)6-9)7-16(14)11-2-1-5-15-11/h1-6H,7,13H2. The molecule has 0 spiro atoms. The Morgan fingerprint density at radius 2 is 2.19 bits per heavy atom. The van der Waals surface area contributed by atoms with Crippen LogP contribution in [0.2, 0.25) is 0 Å². The molecular formula is C11H10BrNOS2. The van der Waals surface area contributed by atoms with Crippen molar-refractivity contribution in [2.75, 3.05) is 5.73 Å². The lowest BCUT2D eigenvalue weighted by Crippen LogP contribution is -1.99. The molecule has 2 N–H and O–H groups in total. The van der Waals surface area contributed by atoms with Gasteiger partial charge in [0, 0.05) is 10.2 Å². The molecule has 0 fully saturated rings. The molecule has 0 saturated heterocycles. The molecule has 0 bridgehead atoms. The Morgan fingerprint density at radius 1 is 1.38 bits per heavy atom. The van der Waals surface area contributed by atoms with Crippen LogP contribution in [0.5, 0.6) is 0 Å². The second kappa shape index (κ2) is 5.12. The van der Waals surface area contributed by atoms with Crippen molar-refractivity contribution in [2.24, 2.45) is 0 Å².